The molecule has 4 nitrogen and oxygen atoms in total. The van der Waals surface area contributed by atoms with E-state index < -0.39 is 11.9 Å². The largest absolute Gasteiger partial charge is 0.344 e. The van der Waals surface area contributed by atoms with Crippen molar-refractivity contribution in [1.82, 2.24) is 5.32 Å². The van der Waals surface area contributed by atoms with Crippen molar-refractivity contribution in [1.29, 1.82) is 0 Å². The van der Waals surface area contributed by atoms with Crippen molar-refractivity contribution in [2.24, 2.45) is 0 Å². The average molecular weight is 307 g/mol. The zero-order chi connectivity index (χ0) is 13.7. The molecule has 1 aromatic carbocycles. The van der Waals surface area contributed by atoms with Crippen LogP contribution in [0.5, 0.6) is 0 Å². The van der Waals surface area contributed by atoms with E-state index in [1.165, 1.54) is 13.0 Å². The van der Waals surface area contributed by atoms with Crippen LogP contribution in [0.4, 0.5) is 5.69 Å². The number of amides is 2. The first-order chi connectivity index (χ1) is 8.43. The van der Waals surface area contributed by atoms with Gasteiger partial charge in [0.05, 0.1) is 10.7 Å². The van der Waals surface area contributed by atoms with Crippen LogP contribution in [-0.4, -0.2) is 23.6 Å². The van der Waals surface area contributed by atoms with E-state index in [9.17, 15) is 9.59 Å². The third-order valence-electron chi connectivity index (χ3n) is 2.06. The summed E-state index contributed by atoms with van der Waals surface area (Å²) in [6.07, 6.45) is 0. The molecule has 2 amide bonds. The molecular formula is C11H12Cl2N2O2S. The molecule has 0 fully saturated rings. The molecule has 1 atom stereocenters. The maximum absolute atomic E-state index is 11.9. The van der Waals surface area contributed by atoms with Crippen LogP contribution < -0.4 is 10.6 Å². The lowest BCUT2D eigenvalue weighted by Crippen LogP contribution is -2.44. The molecule has 0 saturated carbocycles. The topological polar surface area (TPSA) is 58.2 Å². The predicted molar refractivity (Wildman–Crippen MR) is 76.5 cm³/mol. The van der Waals surface area contributed by atoms with Crippen molar-refractivity contribution in [2.75, 3.05) is 11.1 Å². The molecule has 0 bridgehead atoms. The molecule has 98 valence electrons. The van der Waals surface area contributed by atoms with E-state index in [-0.39, 0.29) is 11.7 Å². The molecule has 0 aromatic heterocycles. The van der Waals surface area contributed by atoms with E-state index in [1.54, 1.807) is 12.1 Å². The Labute approximate surface area is 120 Å². The molecule has 2 N–H and O–H groups in total. The highest BCUT2D eigenvalue weighted by Crippen LogP contribution is 2.25. The first-order valence-corrected chi connectivity index (χ1v) is 6.46. The van der Waals surface area contributed by atoms with Crippen LogP contribution in [0.3, 0.4) is 0 Å². The van der Waals surface area contributed by atoms with Crippen molar-refractivity contribution in [2.45, 2.75) is 13.0 Å². The van der Waals surface area contributed by atoms with Gasteiger partial charge in [-0.25, -0.2) is 0 Å². The molecule has 0 heterocycles. The van der Waals surface area contributed by atoms with Crippen LogP contribution in [0.1, 0.15) is 6.92 Å². The molecule has 18 heavy (non-hydrogen) atoms. The number of carbonyl (C=O) groups excluding carboxylic acids is 2. The van der Waals surface area contributed by atoms with Gasteiger partial charge in [-0.05, 0) is 18.2 Å². The number of nitrogens with one attached hydrogen (secondary N) is 2. The van der Waals surface area contributed by atoms with Crippen LogP contribution in [0.15, 0.2) is 18.2 Å². The van der Waals surface area contributed by atoms with Crippen LogP contribution >= 0.6 is 35.8 Å². The second kappa shape index (κ2) is 6.87. The van der Waals surface area contributed by atoms with Gasteiger partial charge in [-0.2, -0.15) is 12.6 Å². The van der Waals surface area contributed by atoms with E-state index in [2.05, 4.69) is 23.3 Å². The monoisotopic (exact) mass is 306 g/mol. The lowest BCUT2D eigenvalue weighted by atomic mass is 10.2. The Kier molecular flexibility index (Phi) is 5.78. The fourth-order valence-corrected chi connectivity index (χ4v) is 1.85. The van der Waals surface area contributed by atoms with Gasteiger partial charge in [-0.1, -0.05) is 23.2 Å². The minimum Gasteiger partial charge on any atom is -0.344 e. The SMILES string of the molecule is CC(=O)NC(CS)C(=O)Nc1cc(Cl)ccc1Cl. The number of hydrogen-bond acceptors (Lipinski definition) is 3. The average Bonchev–Trinajstić information content (AvgIpc) is 2.30. The van der Waals surface area contributed by atoms with Gasteiger partial charge >= 0.3 is 0 Å². The summed E-state index contributed by atoms with van der Waals surface area (Å²) < 4.78 is 0. The first-order valence-electron chi connectivity index (χ1n) is 5.08. The second-order valence-corrected chi connectivity index (χ2v) is 4.76. The molecule has 0 aliphatic rings. The summed E-state index contributed by atoms with van der Waals surface area (Å²) in [5.41, 5.74) is 0.395. The van der Waals surface area contributed by atoms with E-state index in [1.807, 2.05) is 0 Å². The number of benzene rings is 1. The van der Waals surface area contributed by atoms with E-state index in [4.69, 9.17) is 23.2 Å². The van der Waals surface area contributed by atoms with Gasteiger partial charge in [0, 0.05) is 17.7 Å². The number of rotatable bonds is 4. The Morgan fingerprint density at radius 2 is 2.06 bits per heavy atom. The fourth-order valence-electron chi connectivity index (χ4n) is 1.25. The smallest absolute Gasteiger partial charge is 0.247 e. The van der Waals surface area contributed by atoms with Gasteiger partial charge in [0.1, 0.15) is 6.04 Å². The van der Waals surface area contributed by atoms with Crippen LogP contribution in [-0.2, 0) is 9.59 Å². The van der Waals surface area contributed by atoms with Crippen LogP contribution in [0.25, 0.3) is 0 Å². The van der Waals surface area contributed by atoms with Gasteiger partial charge < -0.3 is 10.6 Å². The maximum Gasteiger partial charge on any atom is 0.247 e. The van der Waals surface area contributed by atoms with Gasteiger partial charge in [-0.15, -0.1) is 0 Å². The van der Waals surface area contributed by atoms with Crippen molar-refractivity contribution in [3.05, 3.63) is 28.2 Å². The van der Waals surface area contributed by atoms with Crippen molar-refractivity contribution in [3.8, 4) is 0 Å². The third kappa shape index (κ3) is 4.40. The Balaban J connectivity index is 2.79. The second-order valence-electron chi connectivity index (χ2n) is 3.55. The van der Waals surface area contributed by atoms with Gasteiger partial charge in [-0.3, -0.25) is 9.59 Å². The summed E-state index contributed by atoms with van der Waals surface area (Å²) in [4.78, 5) is 22.8. The summed E-state index contributed by atoms with van der Waals surface area (Å²) >= 11 is 15.7. The fraction of sp³-hybridized carbons (Fsp3) is 0.273. The lowest BCUT2D eigenvalue weighted by molar-refractivity contribution is -0.124. The summed E-state index contributed by atoms with van der Waals surface area (Å²) in [7, 11) is 0. The van der Waals surface area contributed by atoms with Crippen molar-refractivity contribution >= 4 is 53.3 Å². The van der Waals surface area contributed by atoms with E-state index >= 15 is 0 Å². The van der Waals surface area contributed by atoms with Crippen LogP contribution in [0.2, 0.25) is 10.0 Å². The zero-order valence-corrected chi connectivity index (χ0v) is 11.9. The molecule has 0 saturated heterocycles. The molecule has 0 radical (unpaired) electrons. The maximum atomic E-state index is 11.9. The van der Waals surface area contributed by atoms with Crippen molar-refractivity contribution in [3.63, 3.8) is 0 Å². The zero-order valence-electron chi connectivity index (χ0n) is 9.54. The molecular weight excluding hydrogens is 295 g/mol. The highest BCUT2D eigenvalue weighted by atomic mass is 35.5. The quantitative estimate of drug-likeness (QED) is 0.748. The third-order valence-corrected chi connectivity index (χ3v) is 2.99. The Morgan fingerprint density at radius 3 is 2.61 bits per heavy atom. The molecule has 7 heteroatoms. The van der Waals surface area contributed by atoms with Gasteiger partial charge in [0.15, 0.2) is 0 Å². The minimum absolute atomic E-state index is 0.184. The highest BCUT2D eigenvalue weighted by Gasteiger charge is 2.18. The molecule has 1 rings (SSSR count). The molecule has 1 unspecified atom stereocenters. The predicted octanol–water partition coefficient (Wildman–Crippen LogP) is 2.37. The first kappa shape index (κ1) is 15.1. The Bertz CT molecular complexity index is 468. The van der Waals surface area contributed by atoms with E-state index in [0.717, 1.165) is 0 Å². The summed E-state index contributed by atoms with van der Waals surface area (Å²) in [6, 6.07) is 4.00. The summed E-state index contributed by atoms with van der Waals surface area (Å²) in [6.45, 7) is 1.33. The number of halogens is 2. The normalized spacial score (nSPS) is 11.8. The lowest BCUT2D eigenvalue weighted by Gasteiger charge is -2.16. The van der Waals surface area contributed by atoms with E-state index in [0.29, 0.717) is 15.7 Å². The van der Waals surface area contributed by atoms with Gasteiger partial charge in [0.25, 0.3) is 0 Å². The van der Waals surface area contributed by atoms with Crippen LogP contribution in [0, 0.1) is 0 Å². The molecule has 0 spiro atoms. The summed E-state index contributed by atoms with van der Waals surface area (Å²) in [5.74, 6) is -0.519. The Hall–Kier alpha value is -0.910. The standard InChI is InChI=1S/C11H12Cl2N2O2S/c1-6(16)14-10(5-18)11(17)15-9-4-7(12)2-3-8(9)13/h2-4,10,18H,5H2,1H3,(H,14,16)(H,15,17). The highest BCUT2D eigenvalue weighted by molar-refractivity contribution is 7.80. The molecule has 0 aliphatic heterocycles. The number of hydrogen-bond donors (Lipinski definition) is 3. The summed E-state index contributed by atoms with van der Waals surface area (Å²) in [5, 5.41) is 5.89. The minimum atomic E-state index is -0.721. The number of anilines is 1. The van der Waals surface area contributed by atoms with Gasteiger partial charge in [0.2, 0.25) is 11.8 Å². The Morgan fingerprint density at radius 1 is 1.39 bits per heavy atom. The molecule has 0 aliphatic carbocycles. The number of carbonyl (C=O) groups is 2. The number of thiol groups is 1. The van der Waals surface area contributed by atoms with Crippen molar-refractivity contribution < 1.29 is 9.59 Å². The molecule has 1 aromatic rings.